The van der Waals surface area contributed by atoms with Gasteiger partial charge in [0, 0.05) is 43.8 Å². The molecular weight excluding hydrogens is 358 g/mol. The molecule has 27 heavy (non-hydrogen) atoms. The first-order valence-electron chi connectivity index (χ1n) is 9.05. The van der Waals surface area contributed by atoms with E-state index in [1.165, 1.54) is 11.1 Å². The molecule has 0 spiro atoms. The highest BCUT2D eigenvalue weighted by Crippen LogP contribution is 2.29. The SMILES string of the molecule is COCCCNC(=O)Cn1ccc2c(SCc3ccc(C)cc3)nccc21. The summed E-state index contributed by atoms with van der Waals surface area (Å²) in [6, 6.07) is 12.6. The number of carbonyl (C=O) groups is 1. The van der Waals surface area contributed by atoms with Crippen LogP contribution >= 0.6 is 11.8 Å². The van der Waals surface area contributed by atoms with Crippen molar-refractivity contribution >= 4 is 28.6 Å². The molecule has 3 rings (SSSR count). The number of methoxy groups -OCH3 is 1. The predicted octanol–water partition coefficient (Wildman–Crippen LogP) is 3.79. The molecule has 0 atom stereocenters. The van der Waals surface area contributed by atoms with Crippen LogP contribution in [0.4, 0.5) is 0 Å². The molecule has 0 aliphatic rings. The van der Waals surface area contributed by atoms with Crippen LogP contribution in [0.2, 0.25) is 0 Å². The van der Waals surface area contributed by atoms with E-state index >= 15 is 0 Å². The fraction of sp³-hybridized carbons (Fsp3) is 0.333. The number of fused-ring (bicyclic) bond motifs is 1. The fourth-order valence-corrected chi connectivity index (χ4v) is 3.80. The molecule has 2 aromatic heterocycles. The molecule has 0 aliphatic heterocycles. The van der Waals surface area contributed by atoms with Gasteiger partial charge >= 0.3 is 0 Å². The minimum Gasteiger partial charge on any atom is -0.385 e. The second-order valence-corrected chi connectivity index (χ2v) is 7.43. The summed E-state index contributed by atoms with van der Waals surface area (Å²) in [4.78, 5) is 16.7. The lowest BCUT2D eigenvalue weighted by Gasteiger charge is -2.08. The van der Waals surface area contributed by atoms with Gasteiger partial charge in [0.05, 0.1) is 5.52 Å². The third kappa shape index (κ3) is 5.34. The minimum absolute atomic E-state index is 0.00859. The van der Waals surface area contributed by atoms with Crippen LogP contribution in [0.5, 0.6) is 0 Å². The first kappa shape index (κ1) is 19.5. The Balaban J connectivity index is 1.65. The zero-order chi connectivity index (χ0) is 19.1. The first-order valence-corrected chi connectivity index (χ1v) is 10.0. The number of benzene rings is 1. The lowest BCUT2D eigenvalue weighted by atomic mass is 10.2. The molecule has 1 amide bonds. The second-order valence-electron chi connectivity index (χ2n) is 6.46. The third-order valence-electron chi connectivity index (χ3n) is 4.32. The molecule has 0 saturated heterocycles. The average molecular weight is 384 g/mol. The molecule has 0 saturated carbocycles. The Morgan fingerprint density at radius 2 is 2.04 bits per heavy atom. The van der Waals surface area contributed by atoms with Crippen LogP contribution in [-0.2, 0) is 21.8 Å². The van der Waals surface area contributed by atoms with Crippen molar-refractivity contribution in [1.29, 1.82) is 0 Å². The van der Waals surface area contributed by atoms with E-state index in [4.69, 9.17) is 4.74 Å². The summed E-state index contributed by atoms with van der Waals surface area (Å²) < 4.78 is 6.97. The number of rotatable bonds is 9. The Kier molecular flexibility index (Phi) is 6.90. The van der Waals surface area contributed by atoms with E-state index in [2.05, 4.69) is 41.5 Å². The van der Waals surface area contributed by atoms with E-state index in [1.807, 2.05) is 29.1 Å². The maximum Gasteiger partial charge on any atom is 0.239 e. The van der Waals surface area contributed by atoms with Crippen LogP contribution in [0.1, 0.15) is 17.5 Å². The minimum atomic E-state index is 0.00859. The smallest absolute Gasteiger partial charge is 0.239 e. The number of pyridine rings is 1. The van der Waals surface area contributed by atoms with Gasteiger partial charge in [0.1, 0.15) is 11.6 Å². The van der Waals surface area contributed by atoms with Gasteiger partial charge in [-0.05, 0) is 31.0 Å². The summed E-state index contributed by atoms with van der Waals surface area (Å²) in [5.74, 6) is 0.881. The lowest BCUT2D eigenvalue weighted by molar-refractivity contribution is -0.121. The van der Waals surface area contributed by atoms with E-state index in [0.717, 1.165) is 28.1 Å². The molecule has 3 aromatic rings. The molecule has 1 N–H and O–H groups in total. The van der Waals surface area contributed by atoms with Gasteiger partial charge in [-0.25, -0.2) is 4.98 Å². The highest BCUT2D eigenvalue weighted by atomic mass is 32.2. The molecule has 6 heteroatoms. The summed E-state index contributed by atoms with van der Waals surface area (Å²) in [6.07, 6.45) is 4.59. The van der Waals surface area contributed by atoms with Crippen LogP contribution in [0.3, 0.4) is 0 Å². The number of carbonyl (C=O) groups excluding carboxylic acids is 1. The average Bonchev–Trinajstić information content (AvgIpc) is 3.08. The molecule has 0 unspecified atom stereocenters. The monoisotopic (exact) mass is 383 g/mol. The maximum atomic E-state index is 12.1. The van der Waals surface area contributed by atoms with Crippen molar-refractivity contribution in [3.63, 3.8) is 0 Å². The Labute approximate surface area is 164 Å². The normalized spacial score (nSPS) is 11.0. The van der Waals surface area contributed by atoms with Crippen molar-refractivity contribution in [2.45, 2.75) is 30.7 Å². The third-order valence-corrected chi connectivity index (χ3v) is 5.40. The molecule has 0 radical (unpaired) electrons. The summed E-state index contributed by atoms with van der Waals surface area (Å²) in [5.41, 5.74) is 3.57. The Morgan fingerprint density at radius 3 is 2.81 bits per heavy atom. The number of aryl methyl sites for hydroxylation is 1. The Bertz CT molecular complexity index is 890. The number of nitrogens with one attached hydrogen (secondary N) is 1. The molecular formula is C21H25N3O2S. The number of ether oxygens (including phenoxy) is 1. The molecule has 142 valence electrons. The summed E-state index contributed by atoms with van der Waals surface area (Å²) in [7, 11) is 1.66. The number of hydrogen-bond acceptors (Lipinski definition) is 4. The molecule has 0 fully saturated rings. The number of thioether (sulfide) groups is 1. The van der Waals surface area contributed by atoms with E-state index in [1.54, 1.807) is 18.9 Å². The Hall–Kier alpha value is -2.31. The van der Waals surface area contributed by atoms with Crippen LogP contribution in [0.15, 0.2) is 53.8 Å². The van der Waals surface area contributed by atoms with Gasteiger partial charge in [0.2, 0.25) is 5.91 Å². The maximum absolute atomic E-state index is 12.1. The number of nitrogens with zero attached hydrogens (tertiary/aromatic N) is 2. The Morgan fingerprint density at radius 1 is 1.22 bits per heavy atom. The summed E-state index contributed by atoms with van der Waals surface area (Å²) in [5, 5.41) is 5.00. The molecule has 0 aliphatic carbocycles. The van der Waals surface area contributed by atoms with Crippen molar-refractivity contribution in [3.8, 4) is 0 Å². The quantitative estimate of drug-likeness (QED) is 0.451. The van der Waals surface area contributed by atoms with E-state index in [-0.39, 0.29) is 5.91 Å². The van der Waals surface area contributed by atoms with Gasteiger partial charge < -0.3 is 14.6 Å². The summed E-state index contributed by atoms with van der Waals surface area (Å²) in [6.45, 7) is 3.68. The number of aromatic nitrogens is 2. The van der Waals surface area contributed by atoms with Crippen molar-refractivity contribution in [2.75, 3.05) is 20.3 Å². The molecule has 0 bridgehead atoms. The van der Waals surface area contributed by atoms with Crippen LogP contribution in [0, 0.1) is 6.92 Å². The van der Waals surface area contributed by atoms with Crippen molar-refractivity contribution in [2.24, 2.45) is 0 Å². The van der Waals surface area contributed by atoms with Gasteiger partial charge in [-0.1, -0.05) is 29.8 Å². The summed E-state index contributed by atoms with van der Waals surface area (Å²) >= 11 is 1.72. The molecule has 2 heterocycles. The van der Waals surface area contributed by atoms with Crippen molar-refractivity contribution in [3.05, 3.63) is 59.9 Å². The standard InChI is InChI=1S/C21H25N3O2S/c1-16-4-6-17(7-5-16)15-27-21-18-9-12-24(19(18)8-11-23-21)14-20(25)22-10-3-13-26-2/h4-9,11-12H,3,10,13-15H2,1-2H3,(H,22,25). The van der Waals surface area contributed by atoms with Crippen LogP contribution < -0.4 is 5.32 Å². The predicted molar refractivity (Wildman–Crippen MR) is 110 cm³/mol. The second kappa shape index (κ2) is 9.58. The van der Waals surface area contributed by atoms with E-state index < -0.39 is 0 Å². The largest absolute Gasteiger partial charge is 0.385 e. The van der Waals surface area contributed by atoms with Crippen LogP contribution in [-0.4, -0.2) is 35.7 Å². The van der Waals surface area contributed by atoms with Gasteiger partial charge in [0.15, 0.2) is 0 Å². The number of amides is 1. The fourth-order valence-electron chi connectivity index (χ4n) is 2.84. The zero-order valence-electron chi connectivity index (χ0n) is 15.8. The lowest BCUT2D eigenvalue weighted by Crippen LogP contribution is -2.28. The molecule has 1 aromatic carbocycles. The van der Waals surface area contributed by atoms with Gasteiger partial charge in [-0.15, -0.1) is 11.8 Å². The topological polar surface area (TPSA) is 56.1 Å². The van der Waals surface area contributed by atoms with Gasteiger partial charge in [-0.3, -0.25) is 4.79 Å². The molecule has 5 nitrogen and oxygen atoms in total. The highest BCUT2D eigenvalue weighted by Gasteiger charge is 2.10. The van der Waals surface area contributed by atoms with Crippen molar-refractivity contribution < 1.29 is 9.53 Å². The van der Waals surface area contributed by atoms with Crippen LogP contribution in [0.25, 0.3) is 10.9 Å². The first-order chi connectivity index (χ1) is 13.2. The van der Waals surface area contributed by atoms with Gasteiger partial charge in [-0.2, -0.15) is 0 Å². The van der Waals surface area contributed by atoms with Crippen molar-refractivity contribution in [1.82, 2.24) is 14.9 Å². The van der Waals surface area contributed by atoms with Gasteiger partial charge in [0.25, 0.3) is 0 Å². The number of hydrogen-bond donors (Lipinski definition) is 1. The zero-order valence-corrected chi connectivity index (χ0v) is 16.6. The highest BCUT2D eigenvalue weighted by molar-refractivity contribution is 7.98. The van der Waals surface area contributed by atoms with E-state index in [0.29, 0.717) is 19.7 Å². The van der Waals surface area contributed by atoms with E-state index in [9.17, 15) is 4.79 Å².